The molecule has 1 N–H and O–H groups in total. The van der Waals surface area contributed by atoms with Crippen molar-refractivity contribution in [3.63, 3.8) is 0 Å². The molecule has 20 heavy (non-hydrogen) atoms. The van der Waals surface area contributed by atoms with Crippen LogP contribution in [0.25, 0.3) is 11.3 Å². The molecule has 0 unspecified atom stereocenters. The number of nitrogens with one attached hydrogen (secondary N) is 1. The average molecular weight is 269 g/mol. The molecule has 0 aliphatic carbocycles. The highest BCUT2D eigenvalue weighted by Gasteiger charge is 2.21. The summed E-state index contributed by atoms with van der Waals surface area (Å²) < 4.78 is 0. The summed E-state index contributed by atoms with van der Waals surface area (Å²) in [5.74, 6) is 0. The summed E-state index contributed by atoms with van der Waals surface area (Å²) in [4.78, 5) is 2.53. The minimum atomic E-state index is 1.03. The number of H-pyrrole nitrogens is 1. The molecule has 0 radical (unpaired) electrons. The molecule has 0 atom stereocenters. The largest absolute Gasteiger partial charge is 0.299 e. The number of nitrogens with zero attached hydrogens (tertiary/aromatic N) is 2. The second-order valence-electron chi connectivity index (χ2n) is 5.61. The number of rotatable bonds is 4. The van der Waals surface area contributed by atoms with Gasteiger partial charge in [-0.25, -0.2) is 0 Å². The van der Waals surface area contributed by atoms with Crippen molar-refractivity contribution in [3.05, 3.63) is 41.1 Å². The third-order valence-electron chi connectivity index (χ3n) is 4.19. The van der Waals surface area contributed by atoms with Gasteiger partial charge in [0.15, 0.2) is 0 Å². The smallest absolute Gasteiger partial charge is 0.0968 e. The van der Waals surface area contributed by atoms with Crippen molar-refractivity contribution >= 4 is 0 Å². The van der Waals surface area contributed by atoms with Crippen LogP contribution in [0.3, 0.4) is 0 Å². The molecule has 0 saturated heterocycles. The molecule has 3 rings (SSSR count). The molecule has 1 aliphatic heterocycles. The van der Waals surface area contributed by atoms with E-state index in [2.05, 4.69) is 53.2 Å². The van der Waals surface area contributed by atoms with Crippen LogP contribution in [0.4, 0.5) is 0 Å². The molecule has 0 bridgehead atoms. The summed E-state index contributed by atoms with van der Waals surface area (Å²) >= 11 is 0. The lowest BCUT2D eigenvalue weighted by molar-refractivity contribution is 0.254. The Balaban J connectivity index is 1.89. The molecule has 2 aromatic rings. The van der Waals surface area contributed by atoms with Crippen LogP contribution in [0.1, 0.15) is 37.1 Å². The van der Waals surface area contributed by atoms with Gasteiger partial charge >= 0.3 is 0 Å². The van der Waals surface area contributed by atoms with Crippen LogP contribution in [0.5, 0.6) is 0 Å². The Hall–Kier alpha value is -1.61. The van der Waals surface area contributed by atoms with Gasteiger partial charge in [0.2, 0.25) is 0 Å². The molecule has 0 saturated carbocycles. The van der Waals surface area contributed by atoms with Crippen LogP contribution in [0.15, 0.2) is 24.3 Å². The molecule has 1 aliphatic rings. The number of benzene rings is 1. The monoisotopic (exact) mass is 269 g/mol. The maximum Gasteiger partial charge on any atom is 0.0968 e. The van der Waals surface area contributed by atoms with Crippen LogP contribution in [0, 0.1) is 0 Å². The van der Waals surface area contributed by atoms with E-state index in [0.29, 0.717) is 0 Å². The van der Waals surface area contributed by atoms with Crippen molar-refractivity contribution in [3.8, 4) is 11.3 Å². The molecule has 3 heteroatoms. The van der Waals surface area contributed by atoms with Gasteiger partial charge in [-0.15, -0.1) is 0 Å². The second-order valence-corrected chi connectivity index (χ2v) is 5.61. The summed E-state index contributed by atoms with van der Waals surface area (Å²) in [6, 6.07) is 8.83. The van der Waals surface area contributed by atoms with Crippen molar-refractivity contribution in [2.75, 3.05) is 13.1 Å². The predicted molar refractivity (Wildman–Crippen MR) is 82.7 cm³/mol. The molecular formula is C17H23N3. The fraction of sp³-hybridized carbons (Fsp3) is 0.471. The molecule has 0 spiro atoms. The fourth-order valence-corrected chi connectivity index (χ4v) is 3.00. The number of hydrogen-bond donors (Lipinski definition) is 1. The molecule has 1 aromatic carbocycles. The van der Waals surface area contributed by atoms with Crippen molar-refractivity contribution in [2.24, 2.45) is 0 Å². The van der Waals surface area contributed by atoms with Crippen molar-refractivity contribution in [2.45, 2.75) is 39.7 Å². The molecule has 1 aromatic heterocycles. The fourth-order valence-electron chi connectivity index (χ4n) is 3.00. The average Bonchev–Trinajstić information content (AvgIpc) is 2.91. The first-order chi connectivity index (χ1) is 9.81. The Morgan fingerprint density at radius 3 is 2.70 bits per heavy atom. The molecule has 2 heterocycles. The first kappa shape index (κ1) is 13.4. The highest BCUT2D eigenvalue weighted by molar-refractivity contribution is 5.64. The maximum absolute atomic E-state index is 4.57. The Labute approximate surface area is 121 Å². The van der Waals surface area contributed by atoms with Gasteiger partial charge in [0, 0.05) is 36.3 Å². The zero-order chi connectivity index (χ0) is 13.9. The van der Waals surface area contributed by atoms with E-state index < -0.39 is 0 Å². The normalized spacial score (nSPS) is 15.3. The quantitative estimate of drug-likeness (QED) is 0.922. The van der Waals surface area contributed by atoms with E-state index in [-0.39, 0.29) is 0 Å². The Morgan fingerprint density at radius 2 is 2.00 bits per heavy atom. The van der Waals surface area contributed by atoms with E-state index in [1.54, 1.807) is 0 Å². The highest BCUT2D eigenvalue weighted by Crippen LogP contribution is 2.28. The minimum absolute atomic E-state index is 1.03. The van der Waals surface area contributed by atoms with Gasteiger partial charge in [-0.2, -0.15) is 5.10 Å². The van der Waals surface area contributed by atoms with Crippen molar-refractivity contribution in [1.82, 2.24) is 15.1 Å². The van der Waals surface area contributed by atoms with Gasteiger partial charge in [0.25, 0.3) is 0 Å². The Bertz CT molecular complexity index is 568. The number of aromatic nitrogens is 2. The van der Waals surface area contributed by atoms with Gasteiger partial charge in [-0.1, -0.05) is 38.1 Å². The van der Waals surface area contributed by atoms with E-state index in [0.717, 1.165) is 31.6 Å². The van der Waals surface area contributed by atoms with Crippen LogP contribution >= 0.6 is 0 Å². The number of aryl methyl sites for hydroxylation is 1. The highest BCUT2D eigenvalue weighted by atomic mass is 15.2. The van der Waals surface area contributed by atoms with Crippen LogP contribution in [-0.4, -0.2) is 28.2 Å². The third-order valence-corrected chi connectivity index (χ3v) is 4.19. The summed E-state index contributed by atoms with van der Waals surface area (Å²) in [5, 5.41) is 7.81. The van der Waals surface area contributed by atoms with E-state index in [9.17, 15) is 0 Å². The lowest BCUT2D eigenvalue weighted by atomic mass is 10.00. The van der Waals surface area contributed by atoms with Crippen LogP contribution < -0.4 is 0 Å². The molecule has 0 amide bonds. The summed E-state index contributed by atoms with van der Waals surface area (Å²) in [6.07, 6.45) is 3.40. The van der Waals surface area contributed by atoms with E-state index in [4.69, 9.17) is 0 Å². The summed E-state index contributed by atoms with van der Waals surface area (Å²) in [6.45, 7) is 7.80. The van der Waals surface area contributed by atoms with Crippen LogP contribution in [0.2, 0.25) is 0 Å². The van der Waals surface area contributed by atoms with Gasteiger partial charge in [-0.3, -0.25) is 10.00 Å². The maximum atomic E-state index is 4.57. The van der Waals surface area contributed by atoms with E-state index >= 15 is 0 Å². The molecule has 106 valence electrons. The number of aromatic amines is 1. The standard InChI is InChI=1S/C17H23N3/c1-3-10-20-11-9-16-15(12-20)17(19-18-16)14-7-5-13(4-2)6-8-14/h5-8H,3-4,9-12H2,1-2H3,(H,18,19). The molecular weight excluding hydrogens is 246 g/mol. The first-order valence-electron chi connectivity index (χ1n) is 7.69. The zero-order valence-corrected chi connectivity index (χ0v) is 12.4. The van der Waals surface area contributed by atoms with Crippen molar-refractivity contribution in [1.29, 1.82) is 0 Å². The summed E-state index contributed by atoms with van der Waals surface area (Å²) in [7, 11) is 0. The number of fused-ring (bicyclic) bond motifs is 1. The van der Waals surface area contributed by atoms with E-state index in [1.807, 2.05) is 0 Å². The Morgan fingerprint density at radius 1 is 1.20 bits per heavy atom. The third kappa shape index (κ3) is 2.50. The topological polar surface area (TPSA) is 31.9 Å². The first-order valence-corrected chi connectivity index (χ1v) is 7.69. The SMILES string of the molecule is CCCN1CCc2[nH]nc(-c3ccc(CC)cc3)c2C1. The van der Waals surface area contributed by atoms with Gasteiger partial charge in [-0.05, 0) is 24.9 Å². The lowest BCUT2D eigenvalue weighted by Crippen LogP contribution is -2.31. The van der Waals surface area contributed by atoms with Crippen molar-refractivity contribution < 1.29 is 0 Å². The van der Waals surface area contributed by atoms with Crippen LogP contribution in [-0.2, 0) is 19.4 Å². The Kier molecular flexibility index (Phi) is 3.88. The minimum Gasteiger partial charge on any atom is -0.299 e. The predicted octanol–water partition coefficient (Wildman–Crippen LogP) is 3.41. The molecule has 3 nitrogen and oxygen atoms in total. The van der Waals surface area contributed by atoms with Gasteiger partial charge in [0.05, 0.1) is 5.69 Å². The van der Waals surface area contributed by atoms with Gasteiger partial charge < -0.3 is 0 Å². The second kappa shape index (κ2) is 5.80. The lowest BCUT2D eigenvalue weighted by Gasteiger charge is -2.26. The summed E-state index contributed by atoms with van der Waals surface area (Å²) in [5.41, 5.74) is 6.48. The zero-order valence-electron chi connectivity index (χ0n) is 12.4. The van der Waals surface area contributed by atoms with E-state index in [1.165, 1.54) is 35.3 Å². The van der Waals surface area contributed by atoms with Gasteiger partial charge in [0.1, 0.15) is 0 Å². The molecule has 0 fully saturated rings. The number of hydrogen-bond acceptors (Lipinski definition) is 2.